The van der Waals surface area contributed by atoms with Crippen molar-refractivity contribution in [1.82, 2.24) is 0 Å². The summed E-state index contributed by atoms with van der Waals surface area (Å²) in [6.45, 7) is 7.29. The average Bonchev–Trinajstić information content (AvgIpc) is 1.99. The monoisotopic (exact) mass is 133 g/mol. The molecule has 0 amide bonds. The SMILES string of the molecule is C=CC(C)=CC=C(C)C#N. The molecule has 10 heavy (non-hydrogen) atoms. The van der Waals surface area contributed by atoms with Gasteiger partial charge in [-0.05, 0) is 19.9 Å². The maximum Gasteiger partial charge on any atom is 0.0944 e. The summed E-state index contributed by atoms with van der Waals surface area (Å²) in [5.41, 5.74) is 1.77. The minimum Gasteiger partial charge on any atom is -0.193 e. The fourth-order valence-corrected chi connectivity index (χ4v) is 0.362. The Morgan fingerprint density at radius 1 is 1.40 bits per heavy atom. The van der Waals surface area contributed by atoms with Gasteiger partial charge in [0.2, 0.25) is 0 Å². The topological polar surface area (TPSA) is 23.8 Å². The van der Waals surface area contributed by atoms with Gasteiger partial charge in [-0.1, -0.05) is 24.3 Å². The molecule has 0 aliphatic carbocycles. The highest BCUT2D eigenvalue weighted by molar-refractivity contribution is 5.27. The fourth-order valence-electron chi connectivity index (χ4n) is 0.362. The van der Waals surface area contributed by atoms with Gasteiger partial charge in [-0.3, -0.25) is 0 Å². The number of allylic oxidation sites excluding steroid dienone is 5. The Labute approximate surface area is 62.0 Å². The summed E-state index contributed by atoms with van der Waals surface area (Å²) in [5.74, 6) is 0. The highest BCUT2D eigenvalue weighted by Gasteiger charge is 1.79. The Morgan fingerprint density at radius 3 is 2.40 bits per heavy atom. The van der Waals surface area contributed by atoms with Crippen LogP contribution in [-0.4, -0.2) is 0 Å². The minimum atomic E-state index is 0.709. The van der Waals surface area contributed by atoms with E-state index in [9.17, 15) is 0 Å². The quantitative estimate of drug-likeness (QED) is 0.419. The molecule has 0 unspecified atom stereocenters. The zero-order chi connectivity index (χ0) is 7.98. The van der Waals surface area contributed by atoms with E-state index in [0.717, 1.165) is 5.57 Å². The van der Waals surface area contributed by atoms with Gasteiger partial charge in [-0.15, -0.1) is 0 Å². The highest BCUT2D eigenvalue weighted by Crippen LogP contribution is 1.96. The summed E-state index contributed by atoms with van der Waals surface area (Å²) in [6.07, 6.45) is 5.39. The van der Waals surface area contributed by atoms with Crippen LogP contribution < -0.4 is 0 Å². The van der Waals surface area contributed by atoms with E-state index in [1.54, 1.807) is 19.1 Å². The first-order chi connectivity index (χ1) is 4.70. The van der Waals surface area contributed by atoms with E-state index in [-0.39, 0.29) is 0 Å². The molecule has 1 nitrogen and oxygen atoms in total. The van der Waals surface area contributed by atoms with E-state index in [0.29, 0.717) is 5.57 Å². The largest absolute Gasteiger partial charge is 0.193 e. The van der Waals surface area contributed by atoms with Gasteiger partial charge in [0.15, 0.2) is 0 Å². The second kappa shape index (κ2) is 4.58. The van der Waals surface area contributed by atoms with Gasteiger partial charge in [-0.2, -0.15) is 5.26 Å². The van der Waals surface area contributed by atoms with Crippen LogP contribution in [0.25, 0.3) is 0 Å². The van der Waals surface area contributed by atoms with E-state index >= 15 is 0 Å². The fraction of sp³-hybridized carbons (Fsp3) is 0.222. The molecule has 0 aromatic heterocycles. The van der Waals surface area contributed by atoms with Crippen molar-refractivity contribution in [3.63, 3.8) is 0 Å². The highest BCUT2D eigenvalue weighted by atomic mass is 14.2. The molecule has 52 valence electrons. The smallest absolute Gasteiger partial charge is 0.0944 e. The maximum atomic E-state index is 8.35. The van der Waals surface area contributed by atoms with Gasteiger partial charge in [-0.25, -0.2) is 0 Å². The zero-order valence-electron chi connectivity index (χ0n) is 6.39. The molecule has 0 bridgehead atoms. The second-order valence-corrected chi connectivity index (χ2v) is 2.08. The molecule has 0 atom stereocenters. The second-order valence-electron chi connectivity index (χ2n) is 2.08. The molecule has 0 saturated carbocycles. The van der Waals surface area contributed by atoms with E-state index in [2.05, 4.69) is 6.58 Å². The molecule has 0 heterocycles. The van der Waals surface area contributed by atoms with Crippen LogP contribution in [0.2, 0.25) is 0 Å². The molecule has 0 fully saturated rings. The van der Waals surface area contributed by atoms with Crippen molar-refractivity contribution in [2.45, 2.75) is 13.8 Å². The van der Waals surface area contributed by atoms with E-state index < -0.39 is 0 Å². The molecule has 0 aromatic carbocycles. The summed E-state index contributed by atoms with van der Waals surface area (Å²) < 4.78 is 0. The van der Waals surface area contributed by atoms with Crippen LogP contribution in [0.1, 0.15) is 13.8 Å². The van der Waals surface area contributed by atoms with E-state index in [1.807, 2.05) is 19.1 Å². The molecule has 0 radical (unpaired) electrons. The lowest BCUT2D eigenvalue weighted by Crippen LogP contribution is -1.67. The molecule has 0 rings (SSSR count). The third kappa shape index (κ3) is 3.68. The first-order valence-corrected chi connectivity index (χ1v) is 3.08. The molecule has 0 N–H and O–H groups in total. The molecule has 0 spiro atoms. The molecule has 1 heteroatoms. The van der Waals surface area contributed by atoms with Gasteiger partial charge >= 0.3 is 0 Å². The maximum absolute atomic E-state index is 8.35. The van der Waals surface area contributed by atoms with Gasteiger partial charge < -0.3 is 0 Å². The Hall–Kier alpha value is -1.29. The van der Waals surface area contributed by atoms with Crippen molar-refractivity contribution >= 4 is 0 Å². The summed E-state index contributed by atoms with van der Waals surface area (Å²) >= 11 is 0. The molecule has 0 aliphatic rings. The van der Waals surface area contributed by atoms with E-state index in [4.69, 9.17) is 5.26 Å². The standard InChI is InChI=1S/C9H11N/c1-4-8(2)5-6-9(3)7-10/h4-6H,1H2,2-3H3. The predicted molar refractivity (Wildman–Crippen MR) is 43.3 cm³/mol. The van der Waals surface area contributed by atoms with Crippen LogP contribution in [0.4, 0.5) is 0 Å². The molecule has 0 saturated heterocycles. The first-order valence-electron chi connectivity index (χ1n) is 3.08. The van der Waals surface area contributed by atoms with Crippen LogP contribution in [-0.2, 0) is 0 Å². The van der Waals surface area contributed by atoms with Crippen LogP contribution >= 0.6 is 0 Å². The Morgan fingerprint density at radius 2 is 2.00 bits per heavy atom. The third-order valence-electron chi connectivity index (χ3n) is 1.09. The van der Waals surface area contributed by atoms with Crippen molar-refractivity contribution < 1.29 is 0 Å². The molecular weight excluding hydrogens is 122 g/mol. The van der Waals surface area contributed by atoms with Gasteiger partial charge in [0.1, 0.15) is 0 Å². The van der Waals surface area contributed by atoms with Crippen LogP contribution in [0.15, 0.2) is 36.0 Å². The lowest BCUT2D eigenvalue weighted by molar-refractivity contribution is 1.43. The van der Waals surface area contributed by atoms with Crippen molar-refractivity contribution in [3.05, 3.63) is 36.0 Å². The molecule has 0 aliphatic heterocycles. The number of nitrogens with zero attached hydrogens (tertiary/aromatic N) is 1. The van der Waals surface area contributed by atoms with Crippen LogP contribution in [0.3, 0.4) is 0 Å². The van der Waals surface area contributed by atoms with Crippen molar-refractivity contribution in [2.24, 2.45) is 0 Å². The Kier molecular flexibility index (Phi) is 3.99. The Balaban J connectivity index is 4.21. The van der Waals surface area contributed by atoms with Crippen molar-refractivity contribution in [2.75, 3.05) is 0 Å². The normalized spacial score (nSPS) is 12.5. The Bertz CT molecular complexity index is 213. The summed E-state index contributed by atoms with van der Waals surface area (Å²) in [4.78, 5) is 0. The number of hydrogen-bond donors (Lipinski definition) is 0. The predicted octanol–water partition coefficient (Wildman–Crippen LogP) is 2.59. The zero-order valence-corrected chi connectivity index (χ0v) is 6.39. The first kappa shape index (κ1) is 8.71. The van der Waals surface area contributed by atoms with Crippen molar-refractivity contribution in [3.8, 4) is 6.07 Å². The number of rotatable bonds is 2. The summed E-state index contributed by atoms with van der Waals surface area (Å²) in [5, 5.41) is 8.35. The van der Waals surface area contributed by atoms with Gasteiger partial charge in [0.05, 0.1) is 6.07 Å². The number of hydrogen-bond acceptors (Lipinski definition) is 1. The van der Waals surface area contributed by atoms with Crippen LogP contribution in [0, 0.1) is 11.3 Å². The lowest BCUT2D eigenvalue weighted by Gasteiger charge is -1.84. The third-order valence-corrected chi connectivity index (χ3v) is 1.09. The van der Waals surface area contributed by atoms with Crippen LogP contribution in [0.5, 0.6) is 0 Å². The van der Waals surface area contributed by atoms with Crippen molar-refractivity contribution in [1.29, 1.82) is 5.26 Å². The minimum absolute atomic E-state index is 0.709. The molecule has 0 aromatic rings. The van der Waals surface area contributed by atoms with Gasteiger partial charge in [0, 0.05) is 5.57 Å². The number of nitriles is 1. The van der Waals surface area contributed by atoms with Gasteiger partial charge in [0.25, 0.3) is 0 Å². The lowest BCUT2D eigenvalue weighted by atomic mass is 10.2. The average molecular weight is 133 g/mol. The molecular formula is C9H11N. The summed E-state index contributed by atoms with van der Waals surface area (Å²) in [6, 6.07) is 2.03. The summed E-state index contributed by atoms with van der Waals surface area (Å²) in [7, 11) is 0. The van der Waals surface area contributed by atoms with E-state index in [1.165, 1.54) is 0 Å².